The molecule has 0 spiro atoms. The second kappa shape index (κ2) is 3.26. The van der Waals surface area contributed by atoms with Gasteiger partial charge in [-0.2, -0.15) is 0 Å². The van der Waals surface area contributed by atoms with Gasteiger partial charge < -0.3 is 0 Å². The second-order valence-electron chi connectivity index (χ2n) is 1.81. The van der Waals surface area contributed by atoms with Crippen molar-refractivity contribution in [2.45, 2.75) is 4.90 Å². The van der Waals surface area contributed by atoms with Crippen LogP contribution in [0.25, 0.3) is 0 Å². The van der Waals surface area contributed by atoms with Gasteiger partial charge in [-0.05, 0) is 24.5 Å². The predicted octanol–water partition coefficient (Wildman–Crippen LogP) is 3.20. The lowest BCUT2D eigenvalue weighted by Gasteiger charge is -1.96. The van der Waals surface area contributed by atoms with Crippen LogP contribution in [-0.4, -0.2) is 6.26 Å². The lowest BCUT2D eigenvalue weighted by molar-refractivity contribution is 0.624. The molecule has 0 aliphatic heterocycles. The maximum Gasteiger partial charge on any atom is 0.125 e. The van der Waals surface area contributed by atoms with Crippen molar-refractivity contribution in [3.05, 3.63) is 29.0 Å². The zero-order valence-electron chi connectivity index (χ0n) is 5.40. The molecule has 0 radical (unpaired) electrons. The van der Waals surface area contributed by atoms with E-state index in [9.17, 15) is 4.39 Å². The molecule has 0 N–H and O–H groups in total. The van der Waals surface area contributed by atoms with Crippen LogP contribution in [0.1, 0.15) is 0 Å². The first-order valence-corrected chi connectivity index (χ1v) is 4.33. The van der Waals surface area contributed by atoms with E-state index in [1.54, 1.807) is 6.07 Å². The van der Waals surface area contributed by atoms with Crippen molar-refractivity contribution in [1.82, 2.24) is 0 Å². The average Bonchev–Trinajstić information content (AvgIpc) is 1.85. The van der Waals surface area contributed by atoms with E-state index in [0.29, 0.717) is 5.02 Å². The molecular weight excluding hydrogens is 171 g/mol. The molecule has 0 atom stereocenters. The van der Waals surface area contributed by atoms with Crippen LogP contribution >= 0.6 is 23.4 Å². The fourth-order valence-electron chi connectivity index (χ4n) is 0.646. The van der Waals surface area contributed by atoms with Gasteiger partial charge in [0.2, 0.25) is 0 Å². The van der Waals surface area contributed by atoms with Crippen LogP contribution in [0.2, 0.25) is 5.02 Å². The maximum atomic E-state index is 12.5. The van der Waals surface area contributed by atoms with Crippen LogP contribution < -0.4 is 0 Å². The Morgan fingerprint density at radius 1 is 1.40 bits per heavy atom. The quantitative estimate of drug-likeness (QED) is 0.593. The molecule has 0 saturated carbocycles. The maximum absolute atomic E-state index is 12.5. The van der Waals surface area contributed by atoms with Gasteiger partial charge in [-0.1, -0.05) is 11.6 Å². The van der Waals surface area contributed by atoms with Gasteiger partial charge in [0.25, 0.3) is 0 Å². The molecule has 0 fully saturated rings. The van der Waals surface area contributed by atoms with E-state index in [2.05, 4.69) is 0 Å². The van der Waals surface area contributed by atoms with Gasteiger partial charge in [0.15, 0.2) is 0 Å². The van der Waals surface area contributed by atoms with Crippen molar-refractivity contribution >= 4 is 23.4 Å². The number of hydrogen-bond acceptors (Lipinski definition) is 1. The molecule has 0 nitrogen and oxygen atoms in total. The summed E-state index contributed by atoms with van der Waals surface area (Å²) in [5.41, 5.74) is 0. The van der Waals surface area contributed by atoms with Crippen molar-refractivity contribution in [2.75, 3.05) is 6.26 Å². The van der Waals surface area contributed by atoms with Gasteiger partial charge >= 0.3 is 0 Å². The molecule has 0 heterocycles. The molecule has 0 aromatic heterocycles. The van der Waals surface area contributed by atoms with Gasteiger partial charge in [-0.15, -0.1) is 11.8 Å². The van der Waals surface area contributed by atoms with Crippen molar-refractivity contribution in [3.8, 4) is 0 Å². The van der Waals surface area contributed by atoms with E-state index >= 15 is 0 Å². The summed E-state index contributed by atoms with van der Waals surface area (Å²) < 4.78 is 12.5. The molecule has 3 heteroatoms. The number of halogens is 2. The molecule has 1 rings (SSSR count). The molecule has 10 heavy (non-hydrogen) atoms. The molecule has 54 valence electrons. The normalized spacial score (nSPS) is 9.90. The van der Waals surface area contributed by atoms with Gasteiger partial charge in [-0.25, -0.2) is 4.39 Å². The van der Waals surface area contributed by atoms with Crippen molar-refractivity contribution in [1.29, 1.82) is 0 Å². The summed E-state index contributed by atoms with van der Waals surface area (Å²) in [5, 5.41) is 0.448. The van der Waals surface area contributed by atoms with E-state index in [4.69, 9.17) is 11.6 Å². The zero-order chi connectivity index (χ0) is 7.56. The van der Waals surface area contributed by atoms with E-state index in [0.717, 1.165) is 4.90 Å². The highest BCUT2D eigenvalue weighted by atomic mass is 35.5. The molecule has 0 unspecified atom stereocenters. The molecule has 1 aromatic rings. The third-order valence-electron chi connectivity index (χ3n) is 1.07. The van der Waals surface area contributed by atoms with E-state index < -0.39 is 0 Å². The summed E-state index contributed by atoms with van der Waals surface area (Å²) >= 11 is 7.05. The summed E-state index contributed by atoms with van der Waals surface area (Å²) in [7, 11) is 0. The Hall–Kier alpha value is -0.210. The Morgan fingerprint density at radius 3 is 2.60 bits per heavy atom. The summed E-state index contributed by atoms with van der Waals surface area (Å²) in [6, 6.07) is 4.48. The minimum Gasteiger partial charge on any atom is -0.207 e. The van der Waals surface area contributed by atoms with Crippen LogP contribution in [-0.2, 0) is 0 Å². The van der Waals surface area contributed by atoms with Crippen molar-refractivity contribution in [3.63, 3.8) is 0 Å². The first-order chi connectivity index (χ1) is 4.72. The Kier molecular flexibility index (Phi) is 2.57. The highest BCUT2D eigenvalue weighted by Crippen LogP contribution is 2.20. The van der Waals surface area contributed by atoms with Gasteiger partial charge in [0.1, 0.15) is 5.82 Å². The Bertz CT molecular complexity index is 217. The predicted molar refractivity (Wildman–Crippen MR) is 43.2 cm³/mol. The first kappa shape index (κ1) is 7.89. The third kappa shape index (κ3) is 1.89. The minimum absolute atomic E-state index is 0.281. The molecule has 1 aromatic carbocycles. The molecule has 0 saturated heterocycles. The number of benzene rings is 1. The van der Waals surface area contributed by atoms with E-state index in [-0.39, 0.29) is 5.82 Å². The Balaban J connectivity index is 3.06. The van der Waals surface area contributed by atoms with Gasteiger partial charge in [-0.3, -0.25) is 0 Å². The monoisotopic (exact) mass is 176 g/mol. The number of thioether (sulfide) groups is 1. The highest BCUT2D eigenvalue weighted by molar-refractivity contribution is 7.98. The topological polar surface area (TPSA) is 0 Å². The lowest BCUT2D eigenvalue weighted by Crippen LogP contribution is -1.75. The second-order valence-corrected chi connectivity index (χ2v) is 3.13. The van der Waals surface area contributed by atoms with Crippen LogP contribution in [0.4, 0.5) is 4.39 Å². The van der Waals surface area contributed by atoms with E-state index in [1.807, 2.05) is 6.26 Å². The summed E-state index contributed by atoms with van der Waals surface area (Å²) in [6.07, 6.45) is 1.88. The Labute approximate surface area is 68.4 Å². The zero-order valence-corrected chi connectivity index (χ0v) is 6.97. The Morgan fingerprint density at radius 2 is 2.10 bits per heavy atom. The lowest BCUT2D eigenvalue weighted by atomic mass is 10.3. The third-order valence-corrected chi connectivity index (χ3v) is 2.00. The molecule has 0 bridgehead atoms. The largest absolute Gasteiger partial charge is 0.207 e. The minimum atomic E-state index is -0.281. The highest BCUT2D eigenvalue weighted by Gasteiger charge is 1.96. The van der Waals surface area contributed by atoms with Crippen LogP contribution in [0.3, 0.4) is 0 Å². The first-order valence-electron chi connectivity index (χ1n) is 2.72. The smallest absolute Gasteiger partial charge is 0.125 e. The fourth-order valence-corrected chi connectivity index (χ4v) is 1.41. The molecular formula is C7H6ClFS. The fraction of sp³-hybridized carbons (Fsp3) is 0.143. The van der Waals surface area contributed by atoms with Crippen LogP contribution in [0.15, 0.2) is 23.1 Å². The average molecular weight is 177 g/mol. The summed E-state index contributed by atoms with van der Waals surface area (Å²) in [4.78, 5) is 0.852. The molecule has 0 amide bonds. The van der Waals surface area contributed by atoms with Crippen molar-refractivity contribution in [2.24, 2.45) is 0 Å². The van der Waals surface area contributed by atoms with E-state index in [1.165, 1.54) is 23.9 Å². The standard InChI is InChI=1S/C7H6ClFS/c1-10-7-3-5(8)2-6(9)4-7/h2-4H,1H3. The summed E-state index contributed by atoms with van der Waals surface area (Å²) in [6.45, 7) is 0. The number of rotatable bonds is 1. The van der Waals surface area contributed by atoms with Gasteiger partial charge in [0.05, 0.1) is 0 Å². The molecule has 0 aliphatic carbocycles. The van der Waals surface area contributed by atoms with Gasteiger partial charge in [0, 0.05) is 9.92 Å². The molecule has 0 aliphatic rings. The van der Waals surface area contributed by atoms with Crippen molar-refractivity contribution < 1.29 is 4.39 Å². The van der Waals surface area contributed by atoms with Crippen LogP contribution in [0.5, 0.6) is 0 Å². The SMILES string of the molecule is CSc1cc(F)cc(Cl)c1. The number of hydrogen-bond donors (Lipinski definition) is 0. The van der Waals surface area contributed by atoms with Crippen LogP contribution in [0, 0.1) is 5.82 Å². The summed E-state index contributed by atoms with van der Waals surface area (Å²) in [5.74, 6) is -0.281.